The van der Waals surface area contributed by atoms with Crippen LogP contribution in [0.2, 0.25) is 0 Å². The average molecular weight is 707 g/mol. The highest BCUT2D eigenvalue weighted by Crippen LogP contribution is 2.45. The molecule has 0 aromatic rings. The number of carbonyl (C=O) groups excluding carboxylic acids is 4. The molecule has 0 radical (unpaired) electrons. The summed E-state index contributed by atoms with van der Waals surface area (Å²) in [6.45, 7) is 8.52. The smallest absolute Gasteiger partial charge is 0.462 e. The summed E-state index contributed by atoms with van der Waals surface area (Å²) in [6.07, 6.45) is 16.5. The third-order valence-corrected chi connectivity index (χ3v) is 13.5. The number of hydrogen-bond donors (Lipinski definition) is 0. The van der Waals surface area contributed by atoms with Crippen molar-refractivity contribution in [2.24, 2.45) is 29.6 Å². The summed E-state index contributed by atoms with van der Waals surface area (Å²) in [5.74, 6) is 1.92. The molecule has 0 amide bonds. The number of hydrogen-bond acceptors (Lipinski definition) is 10. The van der Waals surface area contributed by atoms with Crippen LogP contribution in [0.15, 0.2) is 23.8 Å². The molecule has 4 rings (SSSR count). The molecule has 10 heteroatoms. The second-order valence-corrected chi connectivity index (χ2v) is 17.3. The lowest BCUT2D eigenvalue weighted by atomic mass is 9.65. The van der Waals surface area contributed by atoms with E-state index < -0.39 is 12.3 Å². The number of unbranched alkanes of at least 4 members (excludes halogenated alkanes) is 3. The van der Waals surface area contributed by atoms with Crippen LogP contribution in [-0.2, 0) is 33.3 Å². The molecule has 2 fully saturated rings. The number of cyclic esters (lactones) is 1. The molecule has 0 N–H and O–H groups in total. The Balaban J connectivity index is 1.14. The minimum Gasteiger partial charge on any atom is -0.462 e. The quantitative estimate of drug-likeness (QED) is 0.0593. The standard InChI is InChI=1S/C38H58O8S2/c1-5-26(3)37(41)46-34-22-25(2)21-28-15-14-27(4)33(36(28)34)17-16-30-23-31(24-35(40)44-30)45-38(42)43-19-10-6-7-11-29(39)12-8-9-13-32-18-20-47-48-32/h14-15,21,25-27,30-34,36H,5-13,16-20,22-24H2,1-4H3. The van der Waals surface area contributed by atoms with Gasteiger partial charge in [-0.3, -0.25) is 14.4 Å². The zero-order chi connectivity index (χ0) is 34.5. The van der Waals surface area contributed by atoms with Crippen LogP contribution in [0.5, 0.6) is 0 Å². The maximum absolute atomic E-state index is 12.8. The Hall–Kier alpha value is -1.94. The van der Waals surface area contributed by atoms with Crippen molar-refractivity contribution in [2.45, 2.75) is 148 Å². The fraction of sp³-hybridized carbons (Fsp3) is 0.789. The predicted molar refractivity (Wildman–Crippen MR) is 191 cm³/mol. The van der Waals surface area contributed by atoms with Crippen molar-refractivity contribution in [2.75, 3.05) is 12.4 Å². The van der Waals surface area contributed by atoms with E-state index in [9.17, 15) is 19.2 Å². The molecule has 2 aliphatic carbocycles. The maximum atomic E-state index is 12.8. The van der Waals surface area contributed by atoms with Gasteiger partial charge in [0.25, 0.3) is 0 Å². The number of ketones is 1. The first-order valence-corrected chi connectivity index (χ1v) is 20.9. The minimum atomic E-state index is -0.758. The summed E-state index contributed by atoms with van der Waals surface area (Å²) in [6, 6.07) is 0. The SMILES string of the molecule is CCC(C)C(=O)OC1CC(C)C=C2C=CC(C)C(CCC3CC(OC(=O)OCCCCCC(=O)CCCCC4CCSS4)CC(=O)O3)C21. The van der Waals surface area contributed by atoms with Gasteiger partial charge in [0.15, 0.2) is 0 Å². The molecule has 8 nitrogen and oxygen atoms in total. The lowest BCUT2D eigenvalue weighted by Crippen LogP contribution is -2.42. The van der Waals surface area contributed by atoms with Crippen molar-refractivity contribution in [3.05, 3.63) is 23.8 Å². The summed E-state index contributed by atoms with van der Waals surface area (Å²) in [5.41, 5.74) is 1.23. The molecule has 4 aliphatic rings. The highest BCUT2D eigenvalue weighted by atomic mass is 33.1. The summed E-state index contributed by atoms with van der Waals surface area (Å²) in [4.78, 5) is 49.9. The van der Waals surface area contributed by atoms with E-state index in [0.717, 1.165) is 50.2 Å². The molecule has 2 heterocycles. The van der Waals surface area contributed by atoms with Gasteiger partial charge in [-0.1, -0.05) is 73.9 Å². The minimum absolute atomic E-state index is 0.0236. The number of Topliss-reactive ketones (excluding diaryl/α,β-unsaturated/α-hetero) is 1. The first kappa shape index (κ1) is 38.9. The van der Waals surface area contributed by atoms with Crippen LogP contribution < -0.4 is 0 Å². The molecule has 0 saturated carbocycles. The number of carbonyl (C=O) groups is 4. The van der Waals surface area contributed by atoms with E-state index in [1.165, 1.54) is 24.2 Å². The molecule has 9 atom stereocenters. The lowest BCUT2D eigenvalue weighted by molar-refractivity contribution is -0.163. The second kappa shape index (κ2) is 20.0. The van der Waals surface area contributed by atoms with E-state index in [2.05, 4.69) is 32.1 Å². The second-order valence-electron chi connectivity index (χ2n) is 14.5. The van der Waals surface area contributed by atoms with E-state index in [-0.39, 0.29) is 60.8 Å². The fourth-order valence-electron chi connectivity index (χ4n) is 7.45. The van der Waals surface area contributed by atoms with Crippen LogP contribution in [0.3, 0.4) is 0 Å². The van der Waals surface area contributed by atoms with Gasteiger partial charge in [0.1, 0.15) is 24.1 Å². The number of rotatable bonds is 18. The molecule has 0 spiro atoms. The molecular weight excluding hydrogens is 649 g/mol. The van der Waals surface area contributed by atoms with Gasteiger partial charge in [-0.05, 0) is 87.5 Å². The Bertz CT molecular complexity index is 1130. The Morgan fingerprint density at radius 1 is 1.00 bits per heavy atom. The summed E-state index contributed by atoms with van der Waals surface area (Å²) < 4.78 is 22.7. The van der Waals surface area contributed by atoms with Crippen LogP contribution in [0.25, 0.3) is 0 Å². The molecule has 0 aromatic carbocycles. The molecule has 0 bridgehead atoms. The monoisotopic (exact) mass is 706 g/mol. The third kappa shape index (κ3) is 12.4. The Morgan fingerprint density at radius 2 is 1.79 bits per heavy atom. The van der Waals surface area contributed by atoms with Crippen molar-refractivity contribution >= 4 is 45.5 Å². The normalized spacial score (nSPS) is 30.5. The van der Waals surface area contributed by atoms with Crippen molar-refractivity contribution in [1.82, 2.24) is 0 Å². The van der Waals surface area contributed by atoms with Crippen LogP contribution >= 0.6 is 21.6 Å². The Labute approximate surface area is 296 Å². The topological polar surface area (TPSA) is 105 Å². The number of ether oxygens (including phenoxy) is 4. The van der Waals surface area contributed by atoms with Crippen LogP contribution in [0, 0.1) is 29.6 Å². The Kier molecular flexibility index (Phi) is 16.2. The van der Waals surface area contributed by atoms with Crippen molar-refractivity contribution < 1.29 is 38.1 Å². The number of allylic oxidation sites excluding steroid dienone is 3. The molecule has 48 heavy (non-hydrogen) atoms. The Morgan fingerprint density at radius 3 is 2.54 bits per heavy atom. The molecule has 270 valence electrons. The van der Waals surface area contributed by atoms with Gasteiger partial charge < -0.3 is 18.9 Å². The molecule has 2 aliphatic heterocycles. The predicted octanol–water partition coefficient (Wildman–Crippen LogP) is 9.20. The van der Waals surface area contributed by atoms with Crippen LogP contribution in [0.4, 0.5) is 4.79 Å². The van der Waals surface area contributed by atoms with Gasteiger partial charge >= 0.3 is 18.1 Å². The average Bonchev–Trinajstić information content (AvgIpc) is 3.57. The van der Waals surface area contributed by atoms with E-state index >= 15 is 0 Å². The van der Waals surface area contributed by atoms with E-state index in [4.69, 9.17) is 18.9 Å². The van der Waals surface area contributed by atoms with Gasteiger partial charge in [-0.2, -0.15) is 0 Å². The summed E-state index contributed by atoms with van der Waals surface area (Å²) >= 11 is 0. The van der Waals surface area contributed by atoms with E-state index in [1.54, 1.807) is 0 Å². The molecule has 0 aromatic heterocycles. The van der Waals surface area contributed by atoms with Gasteiger partial charge in [0.2, 0.25) is 0 Å². The highest BCUT2D eigenvalue weighted by molar-refractivity contribution is 8.77. The zero-order valence-electron chi connectivity index (χ0n) is 29.5. The molecular formula is C38H58O8S2. The highest BCUT2D eigenvalue weighted by Gasteiger charge is 2.42. The van der Waals surface area contributed by atoms with Gasteiger partial charge in [-0.25, -0.2) is 4.79 Å². The summed E-state index contributed by atoms with van der Waals surface area (Å²) in [7, 11) is 3.96. The maximum Gasteiger partial charge on any atom is 0.508 e. The first-order chi connectivity index (χ1) is 23.1. The fourth-order valence-corrected chi connectivity index (χ4v) is 10.5. The first-order valence-electron chi connectivity index (χ1n) is 18.6. The number of esters is 2. The van der Waals surface area contributed by atoms with E-state index in [0.29, 0.717) is 43.8 Å². The van der Waals surface area contributed by atoms with E-state index in [1.807, 2.05) is 35.4 Å². The molecule has 9 unspecified atom stereocenters. The van der Waals surface area contributed by atoms with Crippen molar-refractivity contribution in [3.8, 4) is 0 Å². The summed E-state index contributed by atoms with van der Waals surface area (Å²) in [5, 5.41) is 0.771. The van der Waals surface area contributed by atoms with Crippen molar-refractivity contribution in [1.29, 1.82) is 0 Å². The molecule has 2 saturated heterocycles. The lowest BCUT2D eigenvalue weighted by Gasteiger charge is -2.43. The third-order valence-electron chi connectivity index (χ3n) is 10.5. The van der Waals surface area contributed by atoms with Crippen molar-refractivity contribution in [3.63, 3.8) is 0 Å². The zero-order valence-corrected chi connectivity index (χ0v) is 31.2. The van der Waals surface area contributed by atoms with Gasteiger partial charge in [0.05, 0.1) is 18.9 Å². The largest absolute Gasteiger partial charge is 0.508 e. The number of fused-ring (bicyclic) bond motifs is 1. The van der Waals surface area contributed by atoms with Gasteiger partial charge in [-0.15, -0.1) is 0 Å². The van der Waals surface area contributed by atoms with Crippen LogP contribution in [-0.4, -0.2) is 59.8 Å². The van der Waals surface area contributed by atoms with Crippen LogP contribution in [0.1, 0.15) is 124 Å². The van der Waals surface area contributed by atoms with Gasteiger partial charge in [0, 0.05) is 36.2 Å².